The second-order valence-corrected chi connectivity index (χ2v) is 2.96. The van der Waals surface area contributed by atoms with Crippen LogP contribution in [0.1, 0.15) is 5.56 Å². The van der Waals surface area contributed by atoms with Crippen molar-refractivity contribution in [3.05, 3.63) is 22.7 Å². The number of aryl methyl sites for hydroxylation is 1. The van der Waals surface area contributed by atoms with Gasteiger partial charge in [-0.25, -0.2) is 0 Å². The van der Waals surface area contributed by atoms with Gasteiger partial charge in [-0.2, -0.15) is 0 Å². The van der Waals surface area contributed by atoms with Crippen molar-refractivity contribution in [3.63, 3.8) is 0 Å². The molecule has 1 aromatic carbocycles. The molecule has 0 unspecified atom stereocenters. The lowest BCUT2D eigenvalue weighted by molar-refractivity contribution is 0.416. The Kier molecular flexibility index (Phi) is 2.82. The minimum absolute atomic E-state index is 0.728. The third-order valence-corrected chi connectivity index (χ3v) is 2.16. The van der Waals surface area contributed by atoms with Crippen molar-refractivity contribution in [1.29, 1.82) is 0 Å². The molecule has 0 spiro atoms. The third kappa shape index (κ3) is 1.64. The number of nitrogens with one attached hydrogen (secondary N) is 1. The van der Waals surface area contributed by atoms with E-state index in [4.69, 9.17) is 16.3 Å². The highest BCUT2D eigenvalue weighted by Crippen LogP contribution is 2.30. The summed E-state index contributed by atoms with van der Waals surface area (Å²) in [5.41, 5.74) is 2.00. The van der Waals surface area contributed by atoms with Crippen LogP contribution in [-0.4, -0.2) is 14.2 Å². The normalized spacial score (nSPS) is 9.67. The summed E-state index contributed by atoms with van der Waals surface area (Å²) >= 11 is 5.91. The predicted octanol–water partition coefficient (Wildman–Crippen LogP) is 2.70. The topological polar surface area (TPSA) is 21.3 Å². The minimum atomic E-state index is 0.728. The number of methoxy groups -OCH3 is 1. The highest BCUT2D eigenvalue weighted by molar-refractivity contribution is 6.31. The lowest BCUT2D eigenvalue weighted by Gasteiger charge is -2.09. The maximum absolute atomic E-state index is 5.91. The average molecular weight is 186 g/mol. The summed E-state index contributed by atoms with van der Waals surface area (Å²) in [6.45, 7) is 1.96. The molecule has 2 nitrogen and oxygen atoms in total. The second-order valence-electron chi connectivity index (χ2n) is 2.55. The summed E-state index contributed by atoms with van der Waals surface area (Å²) in [4.78, 5) is 0. The van der Waals surface area contributed by atoms with Gasteiger partial charge in [0.05, 0.1) is 12.8 Å². The Morgan fingerprint density at radius 1 is 1.42 bits per heavy atom. The first-order chi connectivity index (χ1) is 5.69. The summed E-state index contributed by atoms with van der Waals surface area (Å²) in [5, 5.41) is 3.76. The molecule has 0 atom stereocenters. The number of hydrogen-bond acceptors (Lipinski definition) is 2. The van der Waals surface area contributed by atoms with Crippen LogP contribution in [0.5, 0.6) is 5.75 Å². The van der Waals surface area contributed by atoms with Gasteiger partial charge < -0.3 is 10.1 Å². The van der Waals surface area contributed by atoms with E-state index in [9.17, 15) is 0 Å². The zero-order valence-electron chi connectivity index (χ0n) is 7.44. The first-order valence-electron chi connectivity index (χ1n) is 3.71. The fourth-order valence-corrected chi connectivity index (χ4v) is 1.18. The lowest BCUT2D eigenvalue weighted by atomic mass is 10.2. The largest absolute Gasteiger partial charge is 0.495 e. The molecule has 0 bridgehead atoms. The molecule has 0 heterocycles. The fraction of sp³-hybridized carbons (Fsp3) is 0.333. The third-order valence-electron chi connectivity index (χ3n) is 1.75. The molecule has 0 radical (unpaired) electrons. The first kappa shape index (κ1) is 9.20. The maximum atomic E-state index is 5.91. The van der Waals surface area contributed by atoms with Crippen LogP contribution in [0.15, 0.2) is 12.1 Å². The number of halogens is 1. The summed E-state index contributed by atoms with van der Waals surface area (Å²) in [6.07, 6.45) is 0. The molecule has 1 rings (SSSR count). The van der Waals surface area contributed by atoms with Gasteiger partial charge in [-0.05, 0) is 18.6 Å². The van der Waals surface area contributed by atoms with Crippen molar-refractivity contribution in [2.45, 2.75) is 6.92 Å². The van der Waals surface area contributed by atoms with Gasteiger partial charge >= 0.3 is 0 Å². The molecule has 12 heavy (non-hydrogen) atoms. The minimum Gasteiger partial charge on any atom is -0.495 e. The van der Waals surface area contributed by atoms with Crippen LogP contribution in [0.4, 0.5) is 5.69 Å². The Hall–Kier alpha value is -0.890. The van der Waals surface area contributed by atoms with Crippen molar-refractivity contribution >= 4 is 17.3 Å². The Morgan fingerprint density at radius 3 is 2.58 bits per heavy atom. The molecule has 0 saturated heterocycles. The lowest BCUT2D eigenvalue weighted by Crippen LogP contribution is -1.94. The smallest absolute Gasteiger partial charge is 0.143 e. The van der Waals surface area contributed by atoms with E-state index >= 15 is 0 Å². The first-order valence-corrected chi connectivity index (χ1v) is 4.08. The van der Waals surface area contributed by atoms with E-state index in [0.29, 0.717) is 0 Å². The molecule has 0 aliphatic rings. The molecule has 0 saturated carbocycles. The van der Waals surface area contributed by atoms with E-state index in [1.165, 1.54) is 0 Å². The van der Waals surface area contributed by atoms with Gasteiger partial charge in [-0.1, -0.05) is 11.6 Å². The van der Waals surface area contributed by atoms with Crippen LogP contribution < -0.4 is 10.1 Å². The zero-order chi connectivity index (χ0) is 9.14. The highest BCUT2D eigenvalue weighted by Gasteiger charge is 2.04. The van der Waals surface area contributed by atoms with Crippen LogP contribution in [-0.2, 0) is 0 Å². The van der Waals surface area contributed by atoms with E-state index in [1.807, 2.05) is 26.1 Å². The molecular formula is C9H12ClNO. The Bertz CT molecular complexity index is 257. The van der Waals surface area contributed by atoms with Gasteiger partial charge in [0.15, 0.2) is 0 Å². The van der Waals surface area contributed by atoms with Gasteiger partial charge in [0.25, 0.3) is 0 Å². The standard InChI is InChI=1S/C9H12ClNO/c1-6-4-8(11-2)9(12-3)5-7(6)10/h4-5,11H,1-3H3. The number of benzene rings is 1. The van der Waals surface area contributed by atoms with Crippen LogP contribution in [0.2, 0.25) is 5.02 Å². The SMILES string of the molecule is CNc1cc(C)c(Cl)cc1OC. The van der Waals surface area contributed by atoms with Gasteiger partial charge in [0, 0.05) is 18.1 Å². The van der Waals surface area contributed by atoms with Crippen molar-refractivity contribution < 1.29 is 4.74 Å². The summed E-state index contributed by atoms with van der Waals surface area (Å²) in [7, 11) is 3.48. The van der Waals surface area contributed by atoms with E-state index < -0.39 is 0 Å². The average Bonchev–Trinajstić information content (AvgIpc) is 2.09. The summed E-state index contributed by atoms with van der Waals surface area (Å²) < 4.78 is 5.13. The van der Waals surface area contributed by atoms with Crippen LogP contribution in [0.25, 0.3) is 0 Å². The molecular weight excluding hydrogens is 174 g/mol. The predicted molar refractivity (Wildman–Crippen MR) is 52.3 cm³/mol. The number of rotatable bonds is 2. The zero-order valence-corrected chi connectivity index (χ0v) is 8.20. The van der Waals surface area contributed by atoms with Gasteiger partial charge in [-0.3, -0.25) is 0 Å². The maximum Gasteiger partial charge on any atom is 0.143 e. The molecule has 0 aliphatic heterocycles. The van der Waals surface area contributed by atoms with Gasteiger partial charge in [0.1, 0.15) is 5.75 Å². The van der Waals surface area contributed by atoms with E-state index in [0.717, 1.165) is 22.0 Å². The fourth-order valence-electron chi connectivity index (χ4n) is 1.03. The molecule has 1 aromatic rings. The number of anilines is 1. The Balaban J connectivity index is 3.19. The molecule has 66 valence electrons. The molecule has 3 heteroatoms. The van der Waals surface area contributed by atoms with Crippen LogP contribution >= 0.6 is 11.6 Å². The van der Waals surface area contributed by atoms with Crippen molar-refractivity contribution in [2.75, 3.05) is 19.5 Å². The highest BCUT2D eigenvalue weighted by atomic mass is 35.5. The second kappa shape index (κ2) is 3.68. The van der Waals surface area contributed by atoms with Gasteiger partial charge in [0.2, 0.25) is 0 Å². The molecule has 1 N–H and O–H groups in total. The number of hydrogen-bond donors (Lipinski definition) is 1. The van der Waals surface area contributed by atoms with Crippen molar-refractivity contribution in [1.82, 2.24) is 0 Å². The molecule has 0 amide bonds. The molecule has 0 aromatic heterocycles. The molecule has 0 aliphatic carbocycles. The van der Waals surface area contributed by atoms with Crippen molar-refractivity contribution in [2.24, 2.45) is 0 Å². The number of ether oxygens (including phenoxy) is 1. The molecule has 0 fully saturated rings. The van der Waals surface area contributed by atoms with E-state index in [2.05, 4.69) is 5.32 Å². The monoisotopic (exact) mass is 185 g/mol. The van der Waals surface area contributed by atoms with Crippen LogP contribution in [0, 0.1) is 6.92 Å². The quantitative estimate of drug-likeness (QED) is 0.765. The summed E-state index contributed by atoms with van der Waals surface area (Å²) in [5.74, 6) is 0.771. The van der Waals surface area contributed by atoms with E-state index in [-0.39, 0.29) is 0 Å². The summed E-state index contributed by atoms with van der Waals surface area (Å²) in [6, 6.07) is 3.77. The van der Waals surface area contributed by atoms with Crippen molar-refractivity contribution in [3.8, 4) is 5.75 Å². The van der Waals surface area contributed by atoms with E-state index in [1.54, 1.807) is 7.11 Å². The Morgan fingerprint density at radius 2 is 2.08 bits per heavy atom. The Labute approximate surface area is 77.5 Å². The van der Waals surface area contributed by atoms with Gasteiger partial charge in [-0.15, -0.1) is 0 Å². The van der Waals surface area contributed by atoms with Crippen LogP contribution in [0.3, 0.4) is 0 Å².